The van der Waals surface area contributed by atoms with E-state index < -0.39 is 6.16 Å². The molecule has 0 radical (unpaired) electrons. The molecule has 0 saturated carbocycles. The van der Waals surface area contributed by atoms with Crippen LogP contribution in [-0.2, 0) is 11.3 Å². The minimum atomic E-state index is -0.891. The lowest BCUT2D eigenvalue weighted by Gasteiger charge is -2.16. The van der Waals surface area contributed by atoms with Gasteiger partial charge >= 0.3 is 6.16 Å². The standard InChI is InChI=1S/C16H22FN5O3/c1-4-21(5-2)10-11-22-19-14(15(20-22)25-16(23)24-3)18-13-8-6-12(17)7-9-13/h6-9H,4-5,10-11H2,1-3H3,(H,18,19). The van der Waals surface area contributed by atoms with Crippen LogP contribution in [0.4, 0.5) is 20.7 Å². The number of carbonyl (C=O) groups is 1. The normalized spacial score (nSPS) is 10.8. The molecule has 136 valence electrons. The van der Waals surface area contributed by atoms with E-state index in [9.17, 15) is 9.18 Å². The van der Waals surface area contributed by atoms with Gasteiger partial charge in [-0.3, -0.25) is 0 Å². The van der Waals surface area contributed by atoms with Crippen LogP contribution in [0.1, 0.15) is 13.8 Å². The number of likely N-dealkylation sites (N-methyl/N-ethyl adjacent to an activating group) is 1. The van der Waals surface area contributed by atoms with E-state index in [2.05, 4.69) is 39.0 Å². The molecule has 0 aliphatic carbocycles. The van der Waals surface area contributed by atoms with Crippen molar-refractivity contribution in [2.24, 2.45) is 0 Å². The summed E-state index contributed by atoms with van der Waals surface area (Å²) >= 11 is 0. The highest BCUT2D eigenvalue weighted by atomic mass is 19.1. The topological polar surface area (TPSA) is 81.5 Å². The van der Waals surface area contributed by atoms with E-state index in [1.54, 1.807) is 12.1 Å². The van der Waals surface area contributed by atoms with Crippen molar-refractivity contribution in [3.05, 3.63) is 30.1 Å². The van der Waals surface area contributed by atoms with E-state index in [-0.39, 0.29) is 17.5 Å². The molecule has 0 aliphatic heterocycles. The Labute approximate surface area is 145 Å². The van der Waals surface area contributed by atoms with Gasteiger partial charge in [0, 0.05) is 12.2 Å². The molecular weight excluding hydrogens is 329 g/mol. The number of ether oxygens (including phenoxy) is 2. The van der Waals surface area contributed by atoms with Crippen molar-refractivity contribution in [1.82, 2.24) is 19.9 Å². The Morgan fingerprint density at radius 3 is 2.52 bits per heavy atom. The quantitative estimate of drug-likeness (QED) is 0.732. The van der Waals surface area contributed by atoms with Crippen LogP contribution in [0.15, 0.2) is 24.3 Å². The highest BCUT2D eigenvalue weighted by Gasteiger charge is 2.17. The molecule has 2 aromatic rings. The molecule has 1 aromatic carbocycles. The Hall–Kier alpha value is -2.68. The van der Waals surface area contributed by atoms with Crippen molar-refractivity contribution in [3.63, 3.8) is 0 Å². The first-order valence-electron chi connectivity index (χ1n) is 8.01. The number of aromatic nitrogens is 3. The Balaban J connectivity index is 2.16. The van der Waals surface area contributed by atoms with Crippen molar-refractivity contribution in [1.29, 1.82) is 0 Å². The Morgan fingerprint density at radius 2 is 1.92 bits per heavy atom. The van der Waals surface area contributed by atoms with Gasteiger partial charge in [-0.1, -0.05) is 13.8 Å². The molecule has 0 fully saturated rings. The first-order valence-corrected chi connectivity index (χ1v) is 8.01. The Kier molecular flexibility index (Phi) is 6.70. The molecule has 1 aromatic heterocycles. The largest absolute Gasteiger partial charge is 0.515 e. The van der Waals surface area contributed by atoms with Crippen LogP contribution in [0, 0.1) is 5.82 Å². The smallest absolute Gasteiger partial charge is 0.437 e. The lowest BCUT2D eigenvalue weighted by molar-refractivity contribution is 0.119. The number of hydrogen-bond acceptors (Lipinski definition) is 7. The van der Waals surface area contributed by atoms with Crippen LogP contribution in [0.25, 0.3) is 0 Å². The van der Waals surface area contributed by atoms with Crippen LogP contribution in [0.5, 0.6) is 5.88 Å². The van der Waals surface area contributed by atoms with Gasteiger partial charge in [-0.25, -0.2) is 9.18 Å². The molecule has 1 heterocycles. The lowest BCUT2D eigenvalue weighted by atomic mass is 10.3. The van der Waals surface area contributed by atoms with Gasteiger partial charge in [-0.15, -0.1) is 10.2 Å². The number of methoxy groups -OCH3 is 1. The Morgan fingerprint density at radius 1 is 1.24 bits per heavy atom. The molecule has 0 spiro atoms. The number of nitrogens with one attached hydrogen (secondary N) is 1. The van der Waals surface area contributed by atoms with Crippen LogP contribution < -0.4 is 10.1 Å². The van der Waals surface area contributed by atoms with E-state index in [1.165, 1.54) is 24.0 Å². The average Bonchev–Trinajstić information content (AvgIpc) is 2.99. The molecule has 0 atom stereocenters. The molecule has 2 rings (SSSR count). The summed E-state index contributed by atoms with van der Waals surface area (Å²) < 4.78 is 22.5. The molecule has 0 saturated heterocycles. The molecule has 0 unspecified atom stereocenters. The fourth-order valence-corrected chi connectivity index (χ4v) is 2.14. The third-order valence-corrected chi connectivity index (χ3v) is 3.59. The van der Waals surface area contributed by atoms with Crippen LogP contribution in [0.2, 0.25) is 0 Å². The van der Waals surface area contributed by atoms with Gasteiger partial charge < -0.3 is 19.7 Å². The fourth-order valence-electron chi connectivity index (χ4n) is 2.14. The first kappa shape index (κ1) is 18.7. The fraction of sp³-hybridized carbons (Fsp3) is 0.438. The van der Waals surface area contributed by atoms with Gasteiger partial charge in [-0.05, 0) is 37.4 Å². The van der Waals surface area contributed by atoms with E-state index in [4.69, 9.17) is 4.74 Å². The molecule has 9 heteroatoms. The third kappa shape index (κ3) is 5.42. The van der Waals surface area contributed by atoms with E-state index in [1.807, 2.05) is 0 Å². The number of anilines is 2. The van der Waals surface area contributed by atoms with Crippen molar-refractivity contribution in [3.8, 4) is 5.88 Å². The summed E-state index contributed by atoms with van der Waals surface area (Å²) in [6.07, 6.45) is -0.891. The second-order valence-electron chi connectivity index (χ2n) is 5.16. The molecule has 0 bridgehead atoms. The second kappa shape index (κ2) is 8.97. The average molecular weight is 351 g/mol. The SMILES string of the molecule is CCN(CC)CCn1nc(Nc2ccc(F)cc2)c(OC(=O)OC)n1. The summed E-state index contributed by atoms with van der Waals surface area (Å²) in [5.41, 5.74) is 0.590. The summed E-state index contributed by atoms with van der Waals surface area (Å²) in [6.45, 7) is 7.29. The predicted octanol–water partition coefficient (Wildman–Crippen LogP) is 2.65. The summed E-state index contributed by atoms with van der Waals surface area (Å²) in [4.78, 5) is 15.1. The first-order chi connectivity index (χ1) is 12.0. The summed E-state index contributed by atoms with van der Waals surface area (Å²) in [5.74, 6) is -0.105. The number of carbonyl (C=O) groups excluding carboxylic acids is 1. The van der Waals surface area contributed by atoms with E-state index in [0.717, 1.165) is 19.6 Å². The van der Waals surface area contributed by atoms with Crippen LogP contribution in [0.3, 0.4) is 0 Å². The summed E-state index contributed by atoms with van der Waals surface area (Å²) in [7, 11) is 1.21. The number of hydrogen-bond donors (Lipinski definition) is 1. The molecular formula is C16H22FN5O3. The molecule has 1 N–H and O–H groups in total. The van der Waals surface area contributed by atoms with Gasteiger partial charge in [0.05, 0.1) is 13.7 Å². The van der Waals surface area contributed by atoms with Gasteiger partial charge in [0.1, 0.15) is 5.82 Å². The third-order valence-electron chi connectivity index (χ3n) is 3.59. The van der Waals surface area contributed by atoms with Gasteiger partial charge in [0.2, 0.25) is 5.82 Å². The zero-order valence-corrected chi connectivity index (χ0v) is 14.5. The number of rotatable bonds is 8. The highest BCUT2D eigenvalue weighted by Crippen LogP contribution is 2.24. The minimum absolute atomic E-state index is 0.00396. The van der Waals surface area contributed by atoms with E-state index in [0.29, 0.717) is 12.2 Å². The van der Waals surface area contributed by atoms with Gasteiger partial charge in [0.15, 0.2) is 0 Å². The predicted molar refractivity (Wildman–Crippen MR) is 90.5 cm³/mol. The summed E-state index contributed by atoms with van der Waals surface area (Å²) in [5, 5.41) is 11.4. The molecule has 25 heavy (non-hydrogen) atoms. The molecule has 0 aliphatic rings. The van der Waals surface area contributed by atoms with Gasteiger partial charge in [0.25, 0.3) is 5.88 Å². The maximum absolute atomic E-state index is 13.0. The van der Waals surface area contributed by atoms with E-state index >= 15 is 0 Å². The number of nitrogens with zero attached hydrogens (tertiary/aromatic N) is 4. The minimum Gasteiger partial charge on any atom is -0.437 e. The zero-order valence-electron chi connectivity index (χ0n) is 14.5. The maximum atomic E-state index is 13.0. The van der Waals surface area contributed by atoms with Gasteiger partial charge in [-0.2, -0.15) is 4.80 Å². The van der Waals surface area contributed by atoms with Crippen molar-refractivity contribution >= 4 is 17.7 Å². The van der Waals surface area contributed by atoms with Crippen LogP contribution in [-0.4, -0.2) is 52.8 Å². The zero-order chi connectivity index (χ0) is 18.2. The number of benzene rings is 1. The monoisotopic (exact) mass is 351 g/mol. The maximum Gasteiger partial charge on any atom is 0.515 e. The Bertz CT molecular complexity index is 686. The van der Waals surface area contributed by atoms with Crippen molar-refractivity contribution in [2.45, 2.75) is 20.4 Å². The lowest BCUT2D eigenvalue weighted by Crippen LogP contribution is -2.27. The summed E-state index contributed by atoms with van der Waals surface area (Å²) in [6, 6.07) is 5.72. The highest BCUT2D eigenvalue weighted by molar-refractivity contribution is 5.67. The van der Waals surface area contributed by atoms with Crippen molar-refractivity contribution in [2.75, 3.05) is 32.1 Å². The molecule has 8 nitrogen and oxygen atoms in total. The van der Waals surface area contributed by atoms with Crippen LogP contribution >= 0.6 is 0 Å². The molecule has 0 amide bonds. The van der Waals surface area contributed by atoms with Crippen molar-refractivity contribution < 1.29 is 18.7 Å². The second-order valence-corrected chi connectivity index (χ2v) is 5.16. The number of halogens is 1.